The lowest BCUT2D eigenvalue weighted by Gasteiger charge is -2.29. The predicted molar refractivity (Wildman–Crippen MR) is 81.5 cm³/mol. The van der Waals surface area contributed by atoms with Crippen LogP contribution >= 0.6 is 0 Å². The molecule has 1 nitrogen and oxygen atoms in total. The Balaban J connectivity index is -0.000000439. The lowest BCUT2D eigenvalue weighted by atomic mass is 9.83. The van der Waals surface area contributed by atoms with Crippen molar-refractivity contribution in [2.45, 2.75) is 94.1 Å². The molecule has 0 radical (unpaired) electrons. The summed E-state index contributed by atoms with van der Waals surface area (Å²) >= 11 is 0. The van der Waals surface area contributed by atoms with Gasteiger partial charge in [0, 0.05) is 0 Å². The van der Waals surface area contributed by atoms with Crippen molar-refractivity contribution in [2.24, 2.45) is 11.3 Å². The van der Waals surface area contributed by atoms with Crippen molar-refractivity contribution in [1.82, 2.24) is 0 Å². The third-order valence-electron chi connectivity index (χ3n) is 2.85. The normalized spacial score (nSPS) is 14.1. The largest absolute Gasteiger partial charge is 0.390 e. The van der Waals surface area contributed by atoms with Crippen LogP contribution in [0.3, 0.4) is 0 Å². The quantitative estimate of drug-likeness (QED) is 0.678. The monoisotopic (exact) mass is 246 g/mol. The van der Waals surface area contributed by atoms with Crippen LogP contribution in [0.5, 0.6) is 0 Å². The van der Waals surface area contributed by atoms with E-state index in [2.05, 4.69) is 34.6 Å². The van der Waals surface area contributed by atoms with E-state index in [-0.39, 0.29) is 0 Å². The maximum absolute atomic E-state index is 9.99. The molecule has 0 amide bonds. The molecule has 0 aliphatic heterocycles. The fourth-order valence-corrected chi connectivity index (χ4v) is 1.27. The fraction of sp³-hybridized carbons (Fsp3) is 1.00. The van der Waals surface area contributed by atoms with E-state index in [1.807, 2.05) is 34.6 Å². The fourth-order valence-electron chi connectivity index (χ4n) is 1.27. The maximum Gasteiger partial charge on any atom is 0.0642 e. The van der Waals surface area contributed by atoms with E-state index < -0.39 is 5.60 Å². The van der Waals surface area contributed by atoms with Crippen molar-refractivity contribution in [3.05, 3.63) is 0 Å². The van der Waals surface area contributed by atoms with Gasteiger partial charge >= 0.3 is 0 Å². The molecule has 0 rings (SSSR count). The average molecular weight is 246 g/mol. The summed E-state index contributed by atoms with van der Waals surface area (Å²) in [6.07, 6.45) is 3.23. The Morgan fingerprint density at radius 2 is 1.18 bits per heavy atom. The molecule has 0 aromatic heterocycles. The molecule has 0 saturated carbocycles. The van der Waals surface area contributed by atoms with Gasteiger partial charge in [-0.05, 0) is 31.1 Å². The molecule has 0 fully saturated rings. The summed E-state index contributed by atoms with van der Waals surface area (Å²) in [6, 6.07) is 0. The van der Waals surface area contributed by atoms with Gasteiger partial charge in [-0.3, -0.25) is 0 Å². The van der Waals surface area contributed by atoms with Crippen LogP contribution in [0.1, 0.15) is 88.5 Å². The standard InChI is InChI=1S/C12H26O.2C2H6/c1-10(2)12(6,13)9-7-8-11(3,4)5;2*1-2/h10,13H,7-9H2,1-6H3;2*1-2H3. The highest BCUT2D eigenvalue weighted by atomic mass is 16.3. The van der Waals surface area contributed by atoms with Crippen molar-refractivity contribution in [3.63, 3.8) is 0 Å². The van der Waals surface area contributed by atoms with Crippen LogP contribution < -0.4 is 0 Å². The highest BCUT2D eigenvalue weighted by molar-refractivity contribution is 4.77. The number of aliphatic hydroxyl groups is 1. The molecule has 0 heterocycles. The molecule has 0 bridgehead atoms. The summed E-state index contributed by atoms with van der Waals surface area (Å²) in [5.41, 5.74) is -0.0850. The molecule has 0 saturated heterocycles. The second-order valence-corrected chi connectivity index (χ2v) is 5.93. The van der Waals surface area contributed by atoms with E-state index in [0.717, 1.165) is 12.8 Å². The zero-order valence-electron chi connectivity index (χ0n) is 14.1. The van der Waals surface area contributed by atoms with Gasteiger partial charge in [-0.15, -0.1) is 0 Å². The van der Waals surface area contributed by atoms with E-state index in [1.54, 1.807) is 0 Å². The smallest absolute Gasteiger partial charge is 0.0642 e. The van der Waals surface area contributed by atoms with Gasteiger partial charge < -0.3 is 5.11 Å². The predicted octanol–water partition coefficient (Wildman–Crippen LogP) is 5.66. The maximum atomic E-state index is 9.99. The molecule has 1 unspecified atom stereocenters. The summed E-state index contributed by atoms with van der Waals surface area (Å²) in [4.78, 5) is 0. The lowest BCUT2D eigenvalue weighted by Crippen LogP contribution is -2.31. The first-order chi connectivity index (χ1) is 7.65. The van der Waals surface area contributed by atoms with Gasteiger partial charge in [-0.2, -0.15) is 0 Å². The van der Waals surface area contributed by atoms with Crippen LogP contribution in [-0.2, 0) is 0 Å². The molecule has 1 atom stereocenters. The van der Waals surface area contributed by atoms with Crippen LogP contribution in [-0.4, -0.2) is 10.7 Å². The first-order valence-electron chi connectivity index (χ1n) is 7.37. The Morgan fingerprint density at radius 3 is 1.41 bits per heavy atom. The Bertz CT molecular complexity index is 140. The first-order valence-corrected chi connectivity index (χ1v) is 7.37. The molecule has 0 spiro atoms. The lowest BCUT2D eigenvalue weighted by molar-refractivity contribution is 0.00139. The molecule has 0 aliphatic carbocycles. The van der Waals surface area contributed by atoms with Crippen LogP contribution in [0.4, 0.5) is 0 Å². The summed E-state index contributed by atoms with van der Waals surface area (Å²) in [5, 5.41) is 9.99. The van der Waals surface area contributed by atoms with Crippen molar-refractivity contribution >= 4 is 0 Å². The van der Waals surface area contributed by atoms with Gasteiger partial charge in [0.25, 0.3) is 0 Å². The minimum Gasteiger partial charge on any atom is -0.390 e. The highest BCUT2D eigenvalue weighted by Gasteiger charge is 2.24. The van der Waals surface area contributed by atoms with E-state index in [9.17, 15) is 5.11 Å². The Hall–Kier alpha value is -0.0400. The van der Waals surface area contributed by atoms with E-state index in [4.69, 9.17) is 0 Å². The zero-order chi connectivity index (χ0) is 14.7. The minimum atomic E-state index is -0.481. The third kappa shape index (κ3) is 16.0. The minimum absolute atomic E-state index is 0.354. The number of hydrogen-bond donors (Lipinski definition) is 1. The van der Waals surface area contributed by atoms with Crippen molar-refractivity contribution in [1.29, 1.82) is 0 Å². The van der Waals surface area contributed by atoms with Crippen molar-refractivity contribution in [3.8, 4) is 0 Å². The number of hydrogen-bond acceptors (Lipinski definition) is 1. The topological polar surface area (TPSA) is 20.2 Å². The molecule has 0 aromatic rings. The summed E-state index contributed by atoms with van der Waals surface area (Å²) in [6.45, 7) is 20.8. The molecule has 1 heteroatoms. The van der Waals surface area contributed by atoms with Crippen LogP contribution in [0, 0.1) is 11.3 Å². The SMILES string of the molecule is CC.CC.CC(C)C(C)(O)CCCC(C)(C)C. The summed E-state index contributed by atoms with van der Waals surface area (Å²) in [7, 11) is 0. The molecule has 0 aromatic carbocycles. The molecule has 0 aliphatic rings. The van der Waals surface area contributed by atoms with Gasteiger partial charge in [-0.1, -0.05) is 68.7 Å². The second kappa shape index (κ2) is 11.1. The molecular weight excluding hydrogens is 208 g/mol. The Kier molecular flexibility index (Phi) is 14.4. The van der Waals surface area contributed by atoms with Gasteiger partial charge in [0.15, 0.2) is 0 Å². The van der Waals surface area contributed by atoms with Crippen LogP contribution in [0.25, 0.3) is 0 Å². The van der Waals surface area contributed by atoms with Gasteiger partial charge in [0.1, 0.15) is 0 Å². The molecular formula is C16H38O. The molecule has 108 valence electrons. The molecule has 1 N–H and O–H groups in total. The first kappa shape index (κ1) is 22.2. The molecule has 17 heavy (non-hydrogen) atoms. The van der Waals surface area contributed by atoms with Gasteiger partial charge in [-0.25, -0.2) is 0 Å². The Labute approximate surface area is 111 Å². The van der Waals surface area contributed by atoms with E-state index in [0.29, 0.717) is 11.3 Å². The van der Waals surface area contributed by atoms with Crippen molar-refractivity contribution in [2.75, 3.05) is 0 Å². The zero-order valence-corrected chi connectivity index (χ0v) is 14.1. The van der Waals surface area contributed by atoms with Crippen LogP contribution in [0.2, 0.25) is 0 Å². The Morgan fingerprint density at radius 1 is 0.824 bits per heavy atom. The summed E-state index contributed by atoms with van der Waals surface area (Å²) in [5.74, 6) is 0.354. The number of rotatable bonds is 4. The van der Waals surface area contributed by atoms with Gasteiger partial charge in [0.05, 0.1) is 5.60 Å². The van der Waals surface area contributed by atoms with E-state index in [1.165, 1.54) is 6.42 Å². The highest BCUT2D eigenvalue weighted by Crippen LogP contribution is 2.27. The average Bonchev–Trinajstić information content (AvgIpc) is 2.21. The van der Waals surface area contributed by atoms with E-state index >= 15 is 0 Å². The van der Waals surface area contributed by atoms with Crippen molar-refractivity contribution < 1.29 is 5.11 Å². The van der Waals surface area contributed by atoms with Crippen LogP contribution in [0.15, 0.2) is 0 Å². The summed E-state index contributed by atoms with van der Waals surface area (Å²) < 4.78 is 0. The second-order valence-electron chi connectivity index (χ2n) is 5.93. The van der Waals surface area contributed by atoms with Gasteiger partial charge in [0.2, 0.25) is 0 Å². The third-order valence-corrected chi connectivity index (χ3v) is 2.85.